The van der Waals surface area contributed by atoms with E-state index in [9.17, 15) is 0 Å². The predicted molar refractivity (Wildman–Crippen MR) is 80.9 cm³/mol. The van der Waals surface area contributed by atoms with Gasteiger partial charge in [-0.15, -0.1) is 0 Å². The maximum atomic E-state index is 6.08. The Bertz CT molecular complexity index is 340. The molecule has 114 valence electrons. The number of ether oxygens (including phenoxy) is 3. The van der Waals surface area contributed by atoms with Crippen molar-refractivity contribution >= 4 is 0 Å². The molecule has 4 nitrogen and oxygen atoms in total. The van der Waals surface area contributed by atoms with E-state index in [1.807, 2.05) is 0 Å². The molecule has 0 amide bonds. The summed E-state index contributed by atoms with van der Waals surface area (Å²) in [4.78, 5) is 0. The van der Waals surface area contributed by atoms with Crippen molar-refractivity contribution in [3.05, 3.63) is 35.4 Å². The van der Waals surface area contributed by atoms with Crippen LogP contribution in [-0.4, -0.2) is 40.1 Å². The monoisotopic (exact) mass is 281 g/mol. The molecular formula is C16H27NO3. The Morgan fingerprint density at radius 1 is 1.00 bits per heavy atom. The fourth-order valence-corrected chi connectivity index (χ4v) is 1.83. The van der Waals surface area contributed by atoms with Gasteiger partial charge in [0.15, 0.2) is 0 Å². The fourth-order valence-electron chi connectivity index (χ4n) is 1.83. The van der Waals surface area contributed by atoms with Gasteiger partial charge in [0.2, 0.25) is 0 Å². The molecule has 1 rings (SSSR count). The lowest BCUT2D eigenvalue weighted by molar-refractivity contribution is 0.0355. The van der Waals surface area contributed by atoms with Crippen LogP contribution in [0.15, 0.2) is 24.3 Å². The largest absolute Gasteiger partial charge is 0.385 e. The second-order valence-electron chi connectivity index (χ2n) is 4.74. The summed E-state index contributed by atoms with van der Waals surface area (Å²) in [5.74, 6) is 0. The Hall–Kier alpha value is -0.940. The summed E-state index contributed by atoms with van der Waals surface area (Å²) >= 11 is 0. The van der Waals surface area contributed by atoms with Crippen LogP contribution in [0.25, 0.3) is 0 Å². The van der Waals surface area contributed by atoms with E-state index in [0.717, 1.165) is 25.0 Å². The van der Waals surface area contributed by atoms with Crippen molar-refractivity contribution in [3.8, 4) is 0 Å². The van der Waals surface area contributed by atoms with Gasteiger partial charge in [-0.25, -0.2) is 0 Å². The summed E-state index contributed by atoms with van der Waals surface area (Å²) in [6.07, 6.45) is 1.96. The highest BCUT2D eigenvalue weighted by Crippen LogP contribution is 2.12. The summed E-state index contributed by atoms with van der Waals surface area (Å²) in [5, 5.41) is 0. The van der Waals surface area contributed by atoms with Crippen molar-refractivity contribution in [1.29, 1.82) is 0 Å². The summed E-state index contributed by atoms with van der Waals surface area (Å²) in [6.45, 7) is 5.29. The summed E-state index contributed by atoms with van der Waals surface area (Å²) < 4.78 is 15.9. The third-order valence-electron chi connectivity index (χ3n) is 3.12. The van der Waals surface area contributed by atoms with E-state index in [2.05, 4.69) is 31.2 Å². The van der Waals surface area contributed by atoms with E-state index in [4.69, 9.17) is 19.9 Å². The maximum Gasteiger partial charge on any atom is 0.0701 e. The predicted octanol–water partition coefficient (Wildman–Crippen LogP) is 2.32. The van der Waals surface area contributed by atoms with Gasteiger partial charge in [0.1, 0.15) is 0 Å². The van der Waals surface area contributed by atoms with E-state index in [0.29, 0.717) is 26.4 Å². The molecule has 0 aliphatic carbocycles. The number of nitrogens with two attached hydrogens (primary N) is 1. The number of hydrogen-bond donors (Lipinski definition) is 1. The first-order valence-electron chi connectivity index (χ1n) is 7.26. The van der Waals surface area contributed by atoms with Crippen LogP contribution in [0.4, 0.5) is 0 Å². The molecule has 2 N–H and O–H groups in total. The van der Waals surface area contributed by atoms with Crippen LogP contribution < -0.4 is 5.73 Å². The minimum atomic E-state index is -0.0746. The van der Waals surface area contributed by atoms with Crippen LogP contribution in [-0.2, 0) is 20.6 Å². The molecule has 0 aliphatic heterocycles. The molecule has 1 aromatic carbocycles. The normalized spacial score (nSPS) is 12.6. The van der Waals surface area contributed by atoms with Crippen molar-refractivity contribution in [3.63, 3.8) is 0 Å². The highest BCUT2D eigenvalue weighted by Gasteiger charge is 2.05. The average molecular weight is 281 g/mol. The molecule has 0 bridgehead atoms. The Kier molecular flexibility index (Phi) is 9.24. The quantitative estimate of drug-likeness (QED) is 0.632. The maximum absolute atomic E-state index is 6.08. The van der Waals surface area contributed by atoms with E-state index in [1.165, 1.54) is 5.56 Å². The van der Waals surface area contributed by atoms with Gasteiger partial charge in [-0.05, 0) is 24.0 Å². The van der Waals surface area contributed by atoms with E-state index in [-0.39, 0.29) is 6.04 Å². The van der Waals surface area contributed by atoms with E-state index >= 15 is 0 Å². The van der Waals surface area contributed by atoms with E-state index in [1.54, 1.807) is 7.11 Å². The lowest BCUT2D eigenvalue weighted by Gasteiger charge is -2.13. The lowest BCUT2D eigenvalue weighted by Crippen LogP contribution is -2.18. The molecule has 1 unspecified atom stereocenters. The minimum Gasteiger partial charge on any atom is -0.385 e. The topological polar surface area (TPSA) is 53.7 Å². The zero-order chi connectivity index (χ0) is 14.6. The third kappa shape index (κ3) is 7.01. The van der Waals surface area contributed by atoms with Crippen LogP contribution >= 0.6 is 0 Å². The molecule has 20 heavy (non-hydrogen) atoms. The molecule has 0 saturated heterocycles. The number of hydrogen-bond acceptors (Lipinski definition) is 4. The molecule has 0 radical (unpaired) electrons. The fraction of sp³-hybridized carbons (Fsp3) is 0.625. The first kappa shape index (κ1) is 17.1. The lowest BCUT2D eigenvalue weighted by atomic mass is 10.1. The summed E-state index contributed by atoms with van der Waals surface area (Å²) in [7, 11) is 1.69. The van der Waals surface area contributed by atoms with Crippen molar-refractivity contribution in [1.82, 2.24) is 0 Å². The van der Waals surface area contributed by atoms with Crippen LogP contribution in [0.5, 0.6) is 0 Å². The zero-order valence-electron chi connectivity index (χ0n) is 12.6. The Morgan fingerprint density at radius 3 is 2.35 bits per heavy atom. The molecule has 0 fully saturated rings. The minimum absolute atomic E-state index is 0.0746. The number of benzene rings is 1. The van der Waals surface area contributed by atoms with Gasteiger partial charge < -0.3 is 19.9 Å². The van der Waals surface area contributed by atoms with Gasteiger partial charge in [-0.1, -0.05) is 31.2 Å². The van der Waals surface area contributed by atoms with Gasteiger partial charge >= 0.3 is 0 Å². The highest BCUT2D eigenvalue weighted by atomic mass is 16.5. The van der Waals surface area contributed by atoms with Gasteiger partial charge in [0, 0.05) is 20.3 Å². The molecule has 4 heteroatoms. The molecular weight excluding hydrogens is 254 g/mol. The van der Waals surface area contributed by atoms with Crippen LogP contribution in [0.3, 0.4) is 0 Å². The molecule has 0 saturated carbocycles. The standard InChI is InChI=1S/C16H27NO3/c1-3-14-5-7-15(8-6-14)16(17)13-20-12-11-19-10-4-9-18-2/h5-8,16H,3-4,9-13,17H2,1-2H3. The highest BCUT2D eigenvalue weighted by molar-refractivity contribution is 5.24. The number of rotatable bonds is 11. The number of methoxy groups -OCH3 is 1. The Labute approximate surface area is 122 Å². The van der Waals surface area contributed by atoms with E-state index < -0.39 is 0 Å². The van der Waals surface area contributed by atoms with Crippen molar-refractivity contribution in [2.24, 2.45) is 5.73 Å². The van der Waals surface area contributed by atoms with Crippen LogP contribution in [0, 0.1) is 0 Å². The second-order valence-corrected chi connectivity index (χ2v) is 4.74. The van der Waals surface area contributed by atoms with Crippen molar-refractivity contribution < 1.29 is 14.2 Å². The van der Waals surface area contributed by atoms with Gasteiger partial charge in [0.25, 0.3) is 0 Å². The molecule has 1 aromatic rings. The van der Waals surface area contributed by atoms with Crippen LogP contribution in [0.2, 0.25) is 0 Å². The third-order valence-corrected chi connectivity index (χ3v) is 3.12. The van der Waals surface area contributed by atoms with Crippen molar-refractivity contribution in [2.45, 2.75) is 25.8 Å². The Morgan fingerprint density at radius 2 is 1.70 bits per heavy atom. The van der Waals surface area contributed by atoms with Gasteiger partial charge in [-0.2, -0.15) is 0 Å². The van der Waals surface area contributed by atoms with Crippen molar-refractivity contribution in [2.75, 3.05) is 40.1 Å². The zero-order valence-corrected chi connectivity index (χ0v) is 12.6. The molecule has 1 atom stereocenters. The molecule has 0 aromatic heterocycles. The average Bonchev–Trinajstić information content (AvgIpc) is 2.50. The first-order valence-corrected chi connectivity index (χ1v) is 7.26. The number of aryl methyl sites for hydroxylation is 1. The SMILES string of the molecule is CCc1ccc(C(N)COCCOCCCOC)cc1. The molecule has 0 aliphatic rings. The molecule has 0 heterocycles. The smallest absolute Gasteiger partial charge is 0.0701 e. The van der Waals surface area contributed by atoms with Crippen LogP contribution in [0.1, 0.15) is 30.5 Å². The summed E-state index contributed by atoms with van der Waals surface area (Å²) in [5.41, 5.74) is 8.52. The van der Waals surface area contributed by atoms with Gasteiger partial charge in [0.05, 0.1) is 25.9 Å². The first-order chi connectivity index (χ1) is 9.77. The van der Waals surface area contributed by atoms with Gasteiger partial charge in [-0.3, -0.25) is 0 Å². The second kappa shape index (κ2) is 10.8. The Balaban J connectivity index is 2.08. The molecule has 0 spiro atoms. The summed E-state index contributed by atoms with van der Waals surface area (Å²) in [6, 6.07) is 8.32.